The van der Waals surface area contributed by atoms with E-state index in [4.69, 9.17) is 9.72 Å². The van der Waals surface area contributed by atoms with Crippen LogP contribution in [-0.2, 0) is 13.1 Å². The summed E-state index contributed by atoms with van der Waals surface area (Å²) in [5.74, 6) is 1.54. The summed E-state index contributed by atoms with van der Waals surface area (Å²) in [4.78, 5) is 17.3. The topological polar surface area (TPSA) is 56.1 Å². The number of aryl methyl sites for hydroxylation is 2. The van der Waals surface area contributed by atoms with Crippen molar-refractivity contribution in [3.05, 3.63) is 93.7 Å². The van der Waals surface area contributed by atoms with E-state index >= 15 is 0 Å². The quantitative estimate of drug-likeness (QED) is 0.386. The van der Waals surface area contributed by atoms with E-state index in [1.807, 2.05) is 48.5 Å². The molecule has 0 aliphatic carbocycles. The van der Waals surface area contributed by atoms with Crippen LogP contribution >= 0.6 is 15.9 Å². The van der Waals surface area contributed by atoms with Gasteiger partial charge in [-0.3, -0.25) is 4.79 Å². The smallest absolute Gasteiger partial charge is 0.251 e. The number of hydrogen-bond acceptors (Lipinski definition) is 3. The first kappa shape index (κ1) is 21.1. The van der Waals surface area contributed by atoms with Crippen LogP contribution in [-0.4, -0.2) is 22.1 Å². The highest BCUT2D eigenvalue weighted by Gasteiger charge is 2.13. The molecule has 0 aliphatic heterocycles. The van der Waals surface area contributed by atoms with E-state index in [0.29, 0.717) is 25.3 Å². The molecule has 0 fully saturated rings. The Morgan fingerprint density at radius 1 is 1.03 bits per heavy atom. The van der Waals surface area contributed by atoms with Gasteiger partial charge in [-0.1, -0.05) is 34.1 Å². The Kier molecular flexibility index (Phi) is 6.37. The number of rotatable bonds is 7. The van der Waals surface area contributed by atoms with Crippen molar-refractivity contribution in [1.82, 2.24) is 14.9 Å². The molecule has 1 aromatic heterocycles. The summed E-state index contributed by atoms with van der Waals surface area (Å²) in [5, 5.41) is 2.98. The maximum absolute atomic E-state index is 12.5. The Morgan fingerprint density at radius 3 is 2.48 bits per heavy atom. The molecule has 0 aliphatic rings. The molecule has 1 amide bonds. The highest BCUT2D eigenvalue weighted by molar-refractivity contribution is 9.10. The number of aromatic nitrogens is 2. The number of halogens is 1. The first-order valence-electron chi connectivity index (χ1n) is 10.2. The summed E-state index contributed by atoms with van der Waals surface area (Å²) in [7, 11) is 0. The van der Waals surface area contributed by atoms with Crippen molar-refractivity contribution in [3.63, 3.8) is 0 Å². The summed E-state index contributed by atoms with van der Waals surface area (Å²) >= 11 is 3.39. The van der Waals surface area contributed by atoms with Crippen molar-refractivity contribution in [2.45, 2.75) is 26.9 Å². The van der Waals surface area contributed by atoms with Crippen molar-refractivity contribution in [2.75, 3.05) is 6.61 Å². The van der Waals surface area contributed by atoms with Gasteiger partial charge in [-0.2, -0.15) is 0 Å². The maximum Gasteiger partial charge on any atom is 0.251 e. The number of imidazole rings is 1. The van der Waals surface area contributed by atoms with E-state index in [-0.39, 0.29) is 5.91 Å². The van der Waals surface area contributed by atoms with E-state index in [1.54, 1.807) is 12.1 Å². The molecule has 31 heavy (non-hydrogen) atoms. The zero-order chi connectivity index (χ0) is 21.8. The van der Waals surface area contributed by atoms with Gasteiger partial charge in [0.15, 0.2) is 0 Å². The van der Waals surface area contributed by atoms with Gasteiger partial charge in [0.1, 0.15) is 18.2 Å². The number of fused-ring (bicyclic) bond motifs is 1. The molecular weight excluding hydrogens is 454 g/mol. The predicted molar refractivity (Wildman–Crippen MR) is 126 cm³/mol. The molecule has 1 N–H and O–H groups in total. The SMILES string of the molecule is Cc1cc(C)cc(OCCn2c(CNC(=O)c3ccc(Br)cc3)nc3ccccc32)c1. The van der Waals surface area contributed by atoms with Crippen LogP contribution in [0.1, 0.15) is 27.3 Å². The normalized spacial score (nSPS) is 10.9. The molecule has 3 aromatic carbocycles. The van der Waals surface area contributed by atoms with Crippen molar-refractivity contribution in [2.24, 2.45) is 0 Å². The van der Waals surface area contributed by atoms with Gasteiger partial charge in [-0.05, 0) is 73.5 Å². The van der Waals surface area contributed by atoms with Gasteiger partial charge in [0.25, 0.3) is 5.91 Å². The predicted octanol–water partition coefficient (Wildman–Crippen LogP) is 5.42. The number of carbonyl (C=O) groups excluding carboxylic acids is 1. The molecule has 0 saturated carbocycles. The zero-order valence-electron chi connectivity index (χ0n) is 17.6. The summed E-state index contributed by atoms with van der Waals surface area (Å²) in [6.07, 6.45) is 0. The number of nitrogens with zero attached hydrogens (tertiary/aromatic N) is 2. The maximum atomic E-state index is 12.5. The molecule has 6 heteroatoms. The fraction of sp³-hybridized carbons (Fsp3) is 0.200. The van der Waals surface area contributed by atoms with Crippen LogP contribution in [0.3, 0.4) is 0 Å². The molecule has 0 radical (unpaired) electrons. The van der Waals surface area contributed by atoms with Crippen LogP contribution in [0, 0.1) is 13.8 Å². The number of hydrogen-bond donors (Lipinski definition) is 1. The van der Waals surface area contributed by atoms with E-state index in [9.17, 15) is 4.79 Å². The lowest BCUT2D eigenvalue weighted by molar-refractivity contribution is 0.0949. The summed E-state index contributed by atoms with van der Waals surface area (Å²) < 4.78 is 9.06. The first-order chi connectivity index (χ1) is 15.0. The van der Waals surface area contributed by atoms with Gasteiger partial charge in [0, 0.05) is 10.0 Å². The number of ether oxygens (including phenoxy) is 1. The molecule has 0 atom stereocenters. The van der Waals surface area contributed by atoms with Crippen molar-refractivity contribution in [1.29, 1.82) is 0 Å². The third-order valence-electron chi connectivity index (χ3n) is 5.03. The number of carbonyl (C=O) groups is 1. The van der Waals surface area contributed by atoms with Crippen LogP contribution < -0.4 is 10.1 Å². The first-order valence-corrected chi connectivity index (χ1v) is 11.0. The molecule has 158 valence electrons. The van der Waals surface area contributed by atoms with Crippen molar-refractivity contribution < 1.29 is 9.53 Å². The lowest BCUT2D eigenvalue weighted by Gasteiger charge is -2.12. The second-order valence-corrected chi connectivity index (χ2v) is 8.45. The molecule has 4 rings (SSSR count). The standard InChI is InChI=1S/C25H24BrN3O2/c1-17-13-18(2)15-21(14-17)31-12-11-29-23-6-4-3-5-22(23)28-24(29)16-27-25(30)19-7-9-20(26)10-8-19/h3-10,13-15H,11-12,16H2,1-2H3,(H,27,30). The summed E-state index contributed by atoms with van der Waals surface area (Å²) in [6, 6.07) is 21.5. The van der Waals surface area contributed by atoms with E-state index in [1.165, 1.54) is 11.1 Å². The summed E-state index contributed by atoms with van der Waals surface area (Å²) in [5.41, 5.74) is 4.91. The minimum atomic E-state index is -0.127. The Bertz CT molecular complexity index is 1200. The zero-order valence-corrected chi connectivity index (χ0v) is 19.1. The van der Waals surface area contributed by atoms with Gasteiger partial charge < -0.3 is 14.6 Å². The van der Waals surface area contributed by atoms with Crippen molar-refractivity contribution in [3.8, 4) is 5.75 Å². The van der Waals surface area contributed by atoms with E-state index in [2.05, 4.69) is 45.7 Å². The van der Waals surface area contributed by atoms with Crippen LogP contribution in [0.15, 0.2) is 71.2 Å². The Labute approximate surface area is 190 Å². The van der Waals surface area contributed by atoms with Gasteiger partial charge in [-0.15, -0.1) is 0 Å². The molecule has 0 unspecified atom stereocenters. The molecular formula is C25H24BrN3O2. The number of nitrogens with one attached hydrogen (secondary N) is 1. The number of amides is 1. The van der Waals surface area contributed by atoms with Crippen LogP contribution in [0.25, 0.3) is 11.0 Å². The number of benzene rings is 3. The average molecular weight is 478 g/mol. The molecule has 5 nitrogen and oxygen atoms in total. The van der Waals surface area contributed by atoms with Crippen LogP contribution in [0.5, 0.6) is 5.75 Å². The third-order valence-corrected chi connectivity index (χ3v) is 5.55. The van der Waals surface area contributed by atoms with Crippen LogP contribution in [0.2, 0.25) is 0 Å². The molecule has 0 saturated heterocycles. The van der Waals surface area contributed by atoms with E-state index in [0.717, 1.165) is 27.1 Å². The fourth-order valence-electron chi connectivity index (χ4n) is 3.64. The Hall–Kier alpha value is -3.12. The van der Waals surface area contributed by atoms with Crippen LogP contribution in [0.4, 0.5) is 0 Å². The molecule has 0 spiro atoms. The summed E-state index contributed by atoms with van der Waals surface area (Å²) in [6.45, 7) is 5.62. The van der Waals surface area contributed by atoms with E-state index < -0.39 is 0 Å². The third kappa shape index (κ3) is 5.14. The Balaban J connectivity index is 1.48. The lowest BCUT2D eigenvalue weighted by Crippen LogP contribution is -2.25. The minimum Gasteiger partial charge on any atom is -0.492 e. The lowest BCUT2D eigenvalue weighted by atomic mass is 10.1. The van der Waals surface area contributed by atoms with Gasteiger partial charge >= 0.3 is 0 Å². The average Bonchev–Trinajstić information content (AvgIpc) is 3.09. The van der Waals surface area contributed by atoms with Crippen molar-refractivity contribution >= 4 is 32.9 Å². The van der Waals surface area contributed by atoms with Gasteiger partial charge in [-0.25, -0.2) is 4.98 Å². The molecule has 0 bridgehead atoms. The molecule has 4 aromatic rings. The Morgan fingerprint density at radius 2 is 1.74 bits per heavy atom. The minimum absolute atomic E-state index is 0.127. The van der Waals surface area contributed by atoms with Gasteiger partial charge in [0.2, 0.25) is 0 Å². The largest absolute Gasteiger partial charge is 0.492 e. The number of para-hydroxylation sites is 2. The second kappa shape index (κ2) is 9.35. The fourth-order valence-corrected chi connectivity index (χ4v) is 3.91. The van der Waals surface area contributed by atoms with Gasteiger partial charge in [0.05, 0.1) is 24.1 Å². The second-order valence-electron chi connectivity index (χ2n) is 7.53. The monoisotopic (exact) mass is 477 g/mol. The highest BCUT2D eigenvalue weighted by Crippen LogP contribution is 2.19. The highest BCUT2D eigenvalue weighted by atomic mass is 79.9. The molecule has 1 heterocycles.